The van der Waals surface area contributed by atoms with Gasteiger partial charge >= 0.3 is 0 Å². The van der Waals surface area contributed by atoms with Crippen LogP contribution >= 0.6 is 0 Å². The third-order valence-corrected chi connectivity index (χ3v) is 5.09. The van der Waals surface area contributed by atoms with Crippen LogP contribution in [0.4, 0.5) is 0 Å². The van der Waals surface area contributed by atoms with E-state index >= 15 is 0 Å². The molecule has 2 fully saturated rings. The Balaban J connectivity index is 1.58. The van der Waals surface area contributed by atoms with Gasteiger partial charge in [-0.05, 0) is 25.7 Å². The summed E-state index contributed by atoms with van der Waals surface area (Å²) in [4.78, 5) is 16.7. The number of carbonyl (C=O) groups excluding carboxylic acids is 1. The van der Waals surface area contributed by atoms with Crippen LogP contribution in [-0.2, 0) is 11.2 Å². The molecule has 2 saturated carbocycles. The van der Waals surface area contributed by atoms with Crippen molar-refractivity contribution in [3.8, 4) is 0 Å². The van der Waals surface area contributed by atoms with Crippen molar-refractivity contribution >= 4 is 5.78 Å². The van der Waals surface area contributed by atoms with Crippen molar-refractivity contribution in [2.45, 2.75) is 83.0 Å². The first kappa shape index (κ1) is 14.7. The first-order valence-corrected chi connectivity index (χ1v) is 8.68. The molecule has 2 aliphatic carbocycles. The molecule has 1 aromatic heterocycles. The van der Waals surface area contributed by atoms with E-state index in [2.05, 4.69) is 10.1 Å². The Morgan fingerprint density at radius 2 is 1.57 bits per heavy atom. The lowest BCUT2D eigenvalue weighted by molar-refractivity contribution is -0.122. The quantitative estimate of drug-likeness (QED) is 0.834. The maximum absolute atomic E-state index is 12.2. The normalized spacial score (nSPS) is 22.1. The van der Waals surface area contributed by atoms with Gasteiger partial charge in [0, 0.05) is 11.8 Å². The number of hydrogen-bond acceptors (Lipinski definition) is 4. The fraction of sp³-hybridized carbons (Fsp3) is 0.824. The molecule has 0 bridgehead atoms. The van der Waals surface area contributed by atoms with Gasteiger partial charge in [-0.1, -0.05) is 50.1 Å². The van der Waals surface area contributed by atoms with E-state index in [1.54, 1.807) is 0 Å². The summed E-state index contributed by atoms with van der Waals surface area (Å²) in [6.07, 6.45) is 13.6. The smallest absolute Gasteiger partial charge is 0.234 e. The highest BCUT2D eigenvalue weighted by atomic mass is 16.5. The van der Waals surface area contributed by atoms with Gasteiger partial charge < -0.3 is 4.52 Å². The van der Waals surface area contributed by atoms with E-state index in [1.165, 1.54) is 44.9 Å². The molecule has 0 atom stereocenters. The second-order valence-electron chi connectivity index (χ2n) is 6.71. The van der Waals surface area contributed by atoms with Crippen molar-refractivity contribution < 1.29 is 9.32 Å². The van der Waals surface area contributed by atoms with E-state index < -0.39 is 0 Å². The highest BCUT2D eigenvalue weighted by Gasteiger charge is 2.25. The summed E-state index contributed by atoms with van der Waals surface area (Å²) in [5.74, 6) is 2.33. The lowest BCUT2D eigenvalue weighted by Crippen LogP contribution is -2.13. The first-order valence-electron chi connectivity index (χ1n) is 8.68. The Kier molecular flexibility index (Phi) is 5.04. The van der Waals surface area contributed by atoms with Crippen LogP contribution in [0.1, 0.15) is 88.3 Å². The molecule has 0 amide bonds. The Morgan fingerprint density at radius 3 is 2.29 bits per heavy atom. The van der Waals surface area contributed by atoms with Crippen LogP contribution in [0.15, 0.2) is 4.52 Å². The van der Waals surface area contributed by atoms with E-state index in [9.17, 15) is 4.79 Å². The van der Waals surface area contributed by atoms with Gasteiger partial charge in [0.2, 0.25) is 5.89 Å². The molecular formula is C17H26N2O2. The standard InChI is InChI=1S/C17H26N2O2/c20-15(13-8-6-7-9-13)12-16-18-17(19-21-16)14-10-4-2-1-3-5-11-14/h13-14H,1-12H2. The zero-order valence-electron chi connectivity index (χ0n) is 12.9. The monoisotopic (exact) mass is 290 g/mol. The van der Waals surface area contributed by atoms with E-state index in [1.807, 2.05) is 0 Å². The van der Waals surface area contributed by atoms with Crippen LogP contribution in [0.25, 0.3) is 0 Å². The first-order chi connectivity index (χ1) is 10.3. The predicted octanol–water partition coefficient (Wildman–Crippen LogP) is 4.20. The molecule has 0 N–H and O–H groups in total. The lowest BCUT2D eigenvalue weighted by atomic mass is 9.91. The molecule has 0 spiro atoms. The fourth-order valence-electron chi connectivity index (χ4n) is 3.76. The van der Waals surface area contributed by atoms with Gasteiger partial charge in [0.05, 0.1) is 6.42 Å². The van der Waals surface area contributed by atoms with E-state index in [4.69, 9.17) is 4.52 Å². The third-order valence-electron chi connectivity index (χ3n) is 5.09. The highest BCUT2D eigenvalue weighted by Crippen LogP contribution is 2.30. The molecule has 116 valence electrons. The molecule has 0 aliphatic heterocycles. The van der Waals surface area contributed by atoms with Crippen LogP contribution in [0.3, 0.4) is 0 Å². The summed E-state index contributed by atoms with van der Waals surface area (Å²) in [6.45, 7) is 0. The number of ketones is 1. The van der Waals surface area contributed by atoms with Crippen molar-refractivity contribution in [3.63, 3.8) is 0 Å². The average Bonchev–Trinajstić information content (AvgIpc) is 3.09. The molecule has 3 rings (SSSR count). The number of nitrogens with zero attached hydrogens (tertiary/aromatic N) is 2. The Labute approximate surface area is 126 Å². The zero-order chi connectivity index (χ0) is 14.5. The van der Waals surface area contributed by atoms with Crippen LogP contribution in [0.5, 0.6) is 0 Å². The zero-order valence-corrected chi connectivity index (χ0v) is 12.9. The minimum atomic E-state index is 0.238. The average molecular weight is 290 g/mol. The minimum absolute atomic E-state index is 0.238. The summed E-state index contributed by atoms with van der Waals surface area (Å²) in [5, 5.41) is 4.15. The fourth-order valence-corrected chi connectivity index (χ4v) is 3.76. The summed E-state index contributed by atoms with van der Waals surface area (Å²) in [6, 6.07) is 0. The molecule has 21 heavy (non-hydrogen) atoms. The Hall–Kier alpha value is -1.19. The van der Waals surface area contributed by atoms with Gasteiger partial charge in [-0.2, -0.15) is 4.98 Å². The number of rotatable bonds is 4. The predicted molar refractivity (Wildman–Crippen MR) is 80.0 cm³/mol. The summed E-state index contributed by atoms with van der Waals surface area (Å²) >= 11 is 0. The lowest BCUT2D eigenvalue weighted by Gasteiger charge is -2.15. The Bertz CT molecular complexity index is 455. The van der Waals surface area contributed by atoms with Gasteiger partial charge in [0.15, 0.2) is 5.82 Å². The molecule has 1 aromatic rings. The van der Waals surface area contributed by atoms with Gasteiger partial charge in [0.25, 0.3) is 0 Å². The number of aromatic nitrogens is 2. The molecule has 0 saturated heterocycles. The molecule has 4 heteroatoms. The highest BCUT2D eigenvalue weighted by molar-refractivity contribution is 5.82. The molecule has 2 aliphatic rings. The Morgan fingerprint density at radius 1 is 0.952 bits per heavy atom. The van der Waals surface area contributed by atoms with Gasteiger partial charge in [-0.15, -0.1) is 0 Å². The van der Waals surface area contributed by atoms with E-state index in [0.717, 1.165) is 31.5 Å². The summed E-state index contributed by atoms with van der Waals surface area (Å²) < 4.78 is 5.34. The second-order valence-corrected chi connectivity index (χ2v) is 6.71. The number of hydrogen-bond donors (Lipinski definition) is 0. The molecule has 0 aromatic carbocycles. The summed E-state index contributed by atoms with van der Waals surface area (Å²) in [5.41, 5.74) is 0. The maximum Gasteiger partial charge on any atom is 0.234 e. The van der Waals surface area contributed by atoms with Crippen LogP contribution < -0.4 is 0 Å². The van der Waals surface area contributed by atoms with Crippen molar-refractivity contribution in [2.24, 2.45) is 5.92 Å². The molecular weight excluding hydrogens is 264 g/mol. The topological polar surface area (TPSA) is 56.0 Å². The van der Waals surface area contributed by atoms with Crippen LogP contribution in [-0.4, -0.2) is 15.9 Å². The van der Waals surface area contributed by atoms with E-state index in [-0.39, 0.29) is 5.92 Å². The molecule has 4 nitrogen and oxygen atoms in total. The van der Waals surface area contributed by atoms with Gasteiger partial charge in [-0.3, -0.25) is 4.79 Å². The van der Waals surface area contributed by atoms with Crippen LogP contribution in [0, 0.1) is 5.92 Å². The van der Waals surface area contributed by atoms with Gasteiger partial charge in [-0.25, -0.2) is 0 Å². The van der Waals surface area contributed by atoms with E-state index in [0.29, 0.717) is 24.0 Å². The van der Waals surface area contributed by atoms with Gasteiger partial charge in [0.1, 0.15) is 5.78 Å². The van der Waals surface area contributed by atoms with Crippen molar-refractivity contribution in [3.05, 3.63) is 11.7 Å². The number of carbonyl (C=O) groups is 1. The van der Waals surface area contributed by atoms with Crippen molar-refractivity contribution in [1.29, 1.82) is 0 Å². The maximum atomic E-state index is 12.2. The largest absolute Gasteiger partial charge is 0.339 e. The summed E-state index contributed by atoms with van der Waals surface area (Å²) in [7, 11) is 0. The van der Waals surface area contributed by atoms with Crippen molar-refractivity contribution in [1.82, 2.24) is 10.1 Å². The van der Waals surface area contributed by atoms with Crippen LogP contribution in [0.2, 0.25) is 0 Å². The second kappa shape index (κ2) is 7.19. The molecule has 1 heterocycles. The molecule has 0 radical (unpaired) electrons. The third kappa shape index (κ3) is 3.92. The number of Topliss-reactive ketones (excluding diaryl/α,β-unsaturated/α-hetero) is 1. The minimum Gasteiger partial charge on any atom is -0.339 e. The SMILES string of the molecule is O=C(Cc1nc(C2CCCCCCC2)no1)C1CCCC1. The van der Waals surface area contributed by atoms with Crippen molar-refractivity contribution in [2.75, 3.05) is 0 Å². The molecule has 0 unspecified atom stereocenters.